The second-order valence-corrected chi connectivity index (χ2v) is 9.39. The molecule has 0 aliphatic heterocycles. The SMILES string of the molecule is Cc1cc(-c2ccccc2)[n+](CCc2cnc[nH]2)c(-c2ccccc2)c1.F[P-](F)(F)(F)(F)F. The molecule has 10 heteroatoms. The zero-order chi connectivity index (χ0) is 24.2. The number of aromatic nitrogens is 3. The number of halogens is 6. The van der Waals surface area contributed by atoms with Crippen LogP contribution in [0.15, 0.2) is 85.3 Å². The molecule has 33 heavy (non-hydrogen) atoms. The summed E-state index contributed by atoms with van der Waals surface area (Å²) < 4.78 is 61.6. The number of aryl methyl sites for hydroxylation is 2. The molecule has 0 saturated heterocycles. The third-order valence-corrected chi connectivity index (χ3v) is 4.61. The number of benzene rings is 2. The van der Waals surface area contributed by atoms with Crippen molar-refractivity contribution < 1.29 is 29.7 Å². The fourth-order valence-corrected chi connectivity index (χ4v) is 3.35. The van der Waals surface area contributed by atoms with Gasteiger partial charge in [0.15, 0.2) is 6.54 Å². The van der Waals surface area contributed by atoms with E-state index < -0.39 is 7.81 Å². The summed E-state index contributed by atoms with van der Waals surface area (Å²) in [4.78, 5) is 7.36. The van der Waals surface area contributed by atoms with Crippen LogP contribution < -0.4 is 4.57 Å². The Morgan fingerprint density at radius 1 is 0.788 bits per heavy atom. The van der Waals surface area contributed by atoms with E-state index in [9.17, 15) is 25.2 Å². The molecule has 0 radical (unpaired) electrons. The van der Waals surface area contributed by atoms with E-state index in [1.807, 2.05) is 6.20 Å². The van der Waals surface area contributed by atoms with Crippen LogP contribution in [-0.2, 0) is 13.0 Å². The Morgan fingerprint density at radius 2 is 1.24 bits per heavy atom. The van der Waals surface area contributed by atoms with Crippen molar-refractivity contribution in [1.82, 2.24) is 9.97 Å². The summed E-state index contributed by atoms with van der Waals surface area (Å²) in [6.45, 7) is 3.05. The minimum atomic E-state index is -10.7. The van der Waals surface area contributed by atoms with Crippen LogP contribution in [0.1, 0.15) is 11.3 Å². The van der Waals surface area contributed by atoms with Crippen LogP contribution in [-0.4, -0.2) is 9.97 Å². The summed E-state index contributed by atoms with van der Waals surface area (Å²) in [7, 11) is -10.7. The first-order chi connectivity index (χ1) is 15.3. The van der Waals surface area contributed by atoms with Gasteiger partial charge in [0.05, 0.1) is 6.33 Å². The molecular weight excluding hydrogens is 463 g/mol. The predicted molar refractivity (Wildman–Crippen MR) is 118 cm³/mol. The number of imidazole rings is 1. The van der Waals surface area contributed by atoms with Crippen LogP contribution in [0.5, 0.6) is 0 Å². The third-order valence-electron chi connectivity index (χ3n) is 4.61. The number of nitrogens with zero attached hydrogens (tertiary/aromatic N) is 2. The van der Waals surface area contributed by atoms with Crippen molar-refractivity contribution in [2.45, 2.75) is 19.9 Å². The van der Waals surface area contributed by atoms with Crippen molar-refractivity contribution in [3.63, 3.8) is 0 Å². The first kappa shape index (κ1) is 24.5. The quantitative estimate of drug-likeness (QED) is 0.174. The van der Waals surface area contributed by atoms with E-state index in [1.54, 1.807) is 6.33 Å². The van der Waals surface area contributed by atoms with Gasteiger partial charge in [-0.1, -0.05) is 36.4 Å². The Morgan fingerprint density at radius 3 is 1.64 bits per heavy atom. The van der Waals surface area contributed by atoms with E-state index >= 15 is 0 Å². The number of rotatable bonds is 5. The second-order valence-electron chi connectivity index (χ2n) is 7.47. The number of hydrogen-bond acceptors (Lipinski definition) is 1. The standard InChI is InChI=1S/C23H22N3.F6P/c1-18-14-22(19-8-4-2-5-9-19)26(13-12-21-16-24-17-25-21)23(15-18)20-10-6-3-7-11-20;1-7(2,3,4,5)6/h2-11,14-17H,12-13H2,1H3,(H,24,25);/q+1;-1. The van der Waals surface area contributed by atoms with Crippen LogP contribution >= 0.6 is 7.81 Å². The molecule has 176 valence electrons. The summed E-state index contributed by atoms with van der Waals surface area (Å²) in [5.41, 5.74) is 7.36. The van der Waals surface area contributed by atoms with Gasteiger partial charge in [-0.15, -0.1) is 0 Å². The molecule has 2 aromatic carbocycles. The summed E-state index contributed by atoms with van der Waals surface area (Å²) in [5.74, 6) is 0. The predicted octanol–water partition coefficient (Wildman–Crippen LogP) is 7.96. The van der Waals surface area contributed by atoms with Crippen LogP contribution in [0.25, 0.3) is 22.5 Å². The van der Waals surface area contributed by atoms with Gasteiger partial charge in [-0.2, -0.15) is 4.57 Å². The third kappa shape index (κ3) is 8.69. The molecule has 0 spiro atoms. The van der Waals surface area contributed by atoms with Crippen molar-refractivity contribution >= 4 is 7.81 Å². The molecule has 0 saturated carbocycles. The summed E-state index contributed by atoms with van der Waals surface area (Å²) >= 11 is 0. The maximum absolute atomic E-state index is 10.7. The van der Waals surface area contributed by atoms with Crippen LogP contribution in [0, 0.1) is 6.92 Å². The Balaban J connectivity index is 0.000000383. The van der Waals surface area contributed by atoms with Crippen molar-refractivity contribution in [3.8, 4) is 22.5 Å². The Hall–Kier alpha value is -3.19. The van der Waals surface area contributed by atoms with Crippen LogP contribution in [0.2, 0.25) is 0 Å². The van der Waals surface area contributed by atoms with Gasteiger partial charge in [0.2, 0.25) is 11.4 Å². The number of aromatic amines is 1. The van der Waals surface area contributed by atoms with Crippen LogP contribution in [0.3, 0.4) is 0 Å². The molecule has 3 nitrogen and oxygen atoms in total. The van der Waals surface area contributed by atoms with E-state index in [2.05, 4.69) is 94.3 Å². The molecule has 0 aliphatic carbocycles. The van der Waals surface area contributed by atoms with Crippen molar-refractivity contribution in [2.24, 2.45) is 0 Å². The molecule has 0 bridgehead atoms. The average Bonchev–Trinajstić information content (AvgIpc) is 3.25. The average molecular weight is 485 g/mol. The molecule has 1 N–H and O–H groups in total. The fourth-order valence-electron chi connectivity index (χ4n) is 3.35. The van der Waals surface area contributed by atoms with Gasteiger partial charge in [-0.05, 0) is 36.8 Å². The number of nitrogens with one attached hydrogen (secondary N) is 1. The molecule has 2 heterocycles. The maximum atomic E-state index is 9.87. The van der Waals surface area contributed by atoms with E-state index in [1.165, 1.54) is 28.1 Å². The van der Waals surface area contributed by atoms with E-state index in [0.717, 1.165) is 18.7 Å². The van der Waals surface area contributed by atoms with Crippen LogP contribution in [0.4, 0.5) is 25.2 Å². The van der Waals surface area contributed by atoms with Gasteiger partial charge in [0.1, 0.15) is 0 Å². The molecular formula is C23H22F6N3P. The van der Waals surface area contributed by atoms with Gasteiger partial charge in [-0.3, -0.25) is 0 Å². The molecule has 4 aromatic rings. The minimum absolute atomic E-state index is 0.886. The Labute approximate surface area is 187 Å². The van der Waals surface area contributed by atoms with Gasteiger partial charge in [0, 0.05) is 41.6 Å². The number of hydrogen-bond donors (Lipinski definition) is 1. The molecule has 2 aromatic heterocycles. The van der Waals surface area contributed by atoms with Crippen molar-refractivity contribution in [2.75, 3.05) is 0 Å². The first-order valence-corrected chi connectivity index (χ1v) is 12.0. The monoisotopic (exact) mass is 485 g/mol. The fraction of sp³-hybridized carbons (Fsp3) is 0.130. The Kier molecular flexibility index (Phi) is 6.40. The molecule has 4 rings (SSSR count). The Bertz CT molecular complexity index is 1120. The first-order valence-electron chi connectivity index (χ1n) is 9.95. The van der Waals surface area contributed by atoms with Crippen molar-refractivity contribution in [3.05, 3.63) is 96.6 Å². The normalized spacial score (nSPS) is 13.4. The summed E-state index contributed by atoms with van der Waals surface area (Å²) in [5, 5.41) is 0. The van der Waals surface area contributed by atoms with Gasteiger partial charge in [0.25, 0.3) is 0 Å². The zero-order valence-corrected chi connectivity index (χ0v) is 18.5. The topological polar surface area (TPSA) is 32.6 Å². The number of pyridine rings is 1. The van der Waals surface area contributed by atoms with Gasteiger partial charge < -0.3 is 4.98 Å². The molecule has 0 aliphatic rings. The molecule has 0 atom stereocenters. The molecule has 0 fully saturated rings. The number of H-pyrrole nitrogens is 1. The van der Waals surface area contributed by atoms with Crippen molar-refractivity contribution in [1.29, 1.82) is 0 Å². The van der Waals surface area contributed by atoms with E-state index in [-0.39, 0.29) is 0 Å². The summed E-state index contributed by atoms with van der Waals surface area (Å²) in [6.07, 6.45) is 4.55. The van der Waals surface area contributed by atoms with Gasteiger partial charge >= 0.3 is 33.0 Å². The van der Waals surface area contributed by atoms with E-state index in [4.69, 9.17) is 0 Å². The molecule has 0 unspecified atom stereocenters. The summed E-state index contributed by atoms with van der Waals surface area (Å²) in [6, 6.07) is 25.8. The molecule has 0 amide bonds. The second kappa shape index (κ2) is 8.63. The zero-order valence-electron chi connectivity index (χ0n) is 17.6. The van der Waals surface area contributed by atoms with E-state index in [0.29, 0.717) is 0 Å². The van der Waals surface area contributed by atoms with Gasteiger partial charge in [-0.25, -0.2) is 4.98 Å².